The molecule has 7 nitrogen and oxygen atoms in total. The first kappa shape index (κ1) is 21.5. The third-order valence-corrected chi connectivity index (χ3v) is 6.00. The summed E-state index contributed by atoms with van der Waals surface area (Å²) in [4.78, 5) is 14.1. The Labute approximate surface area is 191 Å². The Morgan fingerprint density at radius 2 is 1.97 bits per heavy atom. The molecule has 4 aromatic rings. The summed E-state index contributed by atoms with van der Waals surface area (Å²) in [6.07, 6.45) is 6.49. The lowest BCUT2D eigenvalue weighted by atomic mass is 10.2. The maximum Gasteiger partial charge on any atom is 0.206 e. The van der Waals surface area contributed by atoms with Crippen molar-refractivity contribution in [3.05, 3.63) is 48.3 Å². The third-order valence-electron chi connectivity index (χ3n) is 6.00. The Hall–Kier alpha value is -3.39. The molecule has 1 aliphatic heterocycles. The third kappa shape index (κ3) is 4.30. The van der Waals surface area contributed by atoms with Crippen LogP contribution >= 0.6 is 0 Å². The highest BCUT2D eigenvalue weighted by Crippen LogP contribution is 2.45. The number of H-pyrrole nitrogens is 1. The SMILES string of the molecule is COc1cc2cncnc2c(Oc2ccc3[nH]c(C)cc3c2F)c1OCCCN1CCCC1. The van der Waals surface area contributed by atoms with E-state index in [0.29, 0.717) is 45.7 Å². The molecule has 0 unspecified atom stereocenters. The Morgan fingerprint density at radius 3 is 2.79 bits per heavy atom. The van der Waals surface area contributed by atoms with E-state index in [2.05, 4.69) is 19.9 Å². The van der Waals surface area contributed by atoms with Gasteiger partial charge in [-0.15, -0.1) is 0 Å². The maximum atomic E-state index is 15.3. The number of aromatic nitrogens is 3. The second kappa shape index (κ2) is 9.23. The highest BCUT2D eigenvalue weighted by molar-refractivity contribution is 5.90. The largest absolute Gasteiger partial charge is 0.493 e. The van der Waals surface area contributed by atoms with Gasteiger partial charge in [-0.3, -0.25) is 0 Å². The molecule has 1 aliphatic rings. The van der Waals surface area contributed by atoms with Crippen molar-refractivity contribution < 1.29 is 18.6 Å². The van der Waals surface area contributed by atoms with Crippen LogP contribution in [0.25, 0.3) is 21.8 Å². The van der Waals surface area contributed by atoms with Crippen molar-refractivity contribution in [2.45, 2.75) is 26.2 Å². The molecule has 5 rings (SSSR count). The number of fused-ring (bicyclic) bond motifs is 2. The number of ether oxygens (including phenoxy) is 3. The molecule has 33 heavy (non-hydrogen) atoms. The Morgan fingerprint density at radius 1 is 1.12 bits per heavy atom. The number of nitrogens with one attached hydrogen (secondary N) is 1. The van der Waals surface area contributed by atoms with Gasteiger partial charge in [-0.2, -0.15) is 0 Å². The van der Waals surface area contributed by atoms with Crippen LogP contribution in [0.4, 0.5) is 4.39 Å². The molecule has 1 N–H and O–H groups in total. The molecule has 2 aromatic heterocycles. The van der Waals surface area contributed by atoms with Gasteiger partial charge in [0, 0.05) is 34.7 Å². The fourth-order valence-electron chi connectivity index (χ4n) is 4.39. The van der Waals surface area contributed by atoms with Crippen molar-refractivity contribution >= 4 is 21.8 Å². The van der Waals surface area contributed by atoms with E-state index in [1.807, 2.05) is 13.0 Å². The average Bonchev–Trinajstić information content (AvgIpc) is 3.48. The van der Waals surface area contributed by atoms with Gasteiger partial charge in [-0.1, -0.05) is 0 Å². The minimum absolute atomic E-state index is 0.0941. The highest BCUT2D eigenvalue weighted by atomic mass is 19.1. The van der Waals surface area contributed by atoms with Gasteiger partial charge in [-0.05, 0) is 63.5 Å². The van der Waals surface area contributed by atoms with Crippen LogP contribution in [-0.4, -0.2) is 53.2 Å². The van der Waals surface area contributed by atoms with Gasteiger partial charge in [0.1, 0.15) is 11.8 Å². The van der Waals surface area contributed by atoms with Crippen molar-refractivity contribution in [2.75, 3.05) is 33.4 Å². The number of hydrogen-bond donors (Lipinski definition) is 1. The Bertz CT molecular complexity index is 1280. The van der Waals surface area contributed by atoms with Crippen molar-refractivity contribution in [2.24, 2.45) is 0 Å². The van der Waals surface area contributed by atoms with E-state index >= 15 is 4.39 Å². The van der Waals surface area contributed by atoms with Gasteiger partial charge >= 0.3 is 0 Å². The van der Waals surface area contributed by atoms with Crippen molar-refractivity contribution in [3.8, 4) is 23.0 Å². The number of aromatic amines is 1. The highest BCUT2D eigenvalue weighted by Gasteiger charge is 2.22. The molecule has 0 atom stereocenters. The second-order valence-corrected chi connectivity index (χ2v) is 8.34. The summed E-state index contributed by atoms with van der Waals surface area (Å²) in [6, 6.07) is 6.98. The predicted octanol–water partition coefficient (Wildman–Crippen LogP) is 5.22. The summed E-state index contributed by atoms with van der Waals surface area (Å²) in [5, 5.41) is 1.19. The Kier molecular flexibility index (Phi) is 6.00. The summed E-state index contributed by atoms with van der Waals surface area (Å²) < 4.78 is 33.2. The lowest BCUT2D eigenvalue weighted by Crippen LogP contribution is -2.22. The lowest BCUT2D eigenvalue weighted by molar-refractivity contribution is 0.247. The number of likely N-dealkylation sites (tertiary alicyclic amines) is 1. The lowest BCUT2D eigenvalue weighted by Gasteiger charge is -2.19. The number of nitrogens with zero attached hydrogens (tertiary/aromatic N) is 3. The van der Waals surface area contributed by atoms with Crippen molar-refractivity contribution in [1.82, 2.24) is 19.9 Å². The van der Waals surface area contributed by atoms with Crippen LogP contribution < -0.4 is 14.2 Å². The number of benzene rings is 2. The molecule has 0 aliphatic carbocycles. The predicted molar refractivity (Wildman–Crippen MR) is 125 cm³/mol. The number of hydrogen-bond acceptors (Lipinski definition) is 6. The van der Waals surface area contributed by atoms with Gasteiger partial charge in [0.2, 0.25) is 5.75 Å². The standard InChI is InChI=1S/C25H27FN4O3/c1-16-12-18-19(29-16)6-7-20(22(18)26)33-25-23-17(14-27-15-28-23)13-21(31-2)24(25)32-11-5-10-30-8-3-4-9-30/h6-7,12-15,29H,3-5,8-11H2,1-2H3. The van der Waals surface area contributed by atoms with Crippen LogP contribution in [0.1, 0.15) is 25.0 Å². The number of aryl methyl sites for hydroxylation is 1. The average molecular weight is 451 g/mol. The molecular formula is C25H27FN4O3. The molecule has 0 radical (unpaired) electrons. The minimum Gasteiger partial charge on any atom is -0.493 e. The first-order valence-corrected chi connectivity index (χ1v) is 11.3. The number of rotatable bonds is 8. The van der Waals surface area contributed by atoms with Gasteiger partial charge in [0.05, 0.1) is 13.7 Å². The summed E-state index contributed by atoms with van der Waals surface area (Å²) >= 11 is 0. The van der Waals surface area contributed by atoms with E-state index < -0.39 is 5.82 Å². The van der Waals surface area contributed by atoms with Gasteiger partial charge in [-0.25, -0.2) is 14.4 Å². The molecule has 2 aromatic carbocycles. The zero-order valence-corrected chi connectivity index (χ0v) is 18.9. The van der Waals surface area contributed by atoms with E-state index in [1.165, 1.54) is 19.2 Å². The summed E-state index contributed by atoms with van der Waals surface area (Å²) in [5.74, 6) is 0.874. The molecule has 0 saturated carbocycles. The van der Waals surface area contributed by atoms with Gasteiger partial charge in [0.25, 0.3) is 0 Å². The zero-order valence-electron chi connectivity index (χ0n) is 18.9. The van der Waals surface area contributed by atoms with E-state index in [1.54, 1.807) is 31.5 Å². The van der Waals surface area contributed by atoms with Crippen molar-refractivity contribution in [3.63, 3.8) is 0 Å². The fourth-order valence-corrected chi connectivity index (χ4v) is 4.39. The van der Waals surface area contributed by atoms with Crippen LogP contribution in [0.5, 0.6) is 23.0 Å². The summed E-state index contributed by atoms with van der Waals surface area (Å²) in [5.41, 5.74) is 2.13. The van der Waals surface area contributed by atoms with Gasteiger partial charge in [0.15, 0.2) is 23.1 Å². The normalized spacial score (nSPS) is 14.3. The molecule has 3 heterocycles. The number of halogens is 1. The van der Waals surface area contributed by atoms with Crippen LogP contribution in [0.15, 0.2) is 36.8 Å². The molecule has 172 valence electrons. The second-order valence-electron chi connectivity index (χ2n) is 8.34. The topological polar surface area (TPSA) is 72.5 Å². The van der Waals surface area contributed by atoms with E-state index in [9.17, 15) is 0 Å². The molecular weight excluding hydrogens is 423 g/mol. The molecule has 1 saturated heterocycles. The number of methoxy groups -OCH3 is 1. The zero-order chi connectivity index (χ0) is 22.8. The first-order valence-electron chi connectivity index (χ1n) is 11.3. The molecule has 8 heteroatoms. The van der Waals surface area contributed by atoms with E-state index in [4.69, 9.17) is 14.2 Å². The maximum absolute atomic E-state index is 15.3. The first-order chi connectivity index (χ1) is 16.1. The van der Waals surface area contributed by atoms with Crippen LogP contribution in [0.2, 0.25) is 0 Å². The smallest absolute Gasteiger partial charge is 0.206 e. The Balaban J connectivity index is 1.50. The van der Waals surface area contributed by atoms with Gasteiger partial charge < -0.3 is 24.1 Å². The molecule has 0 spiro atoms. The van der Waals surface area contributed by atoms with Crippen LogP contribution in [-0.2, 0) is 0 Å². The summed E-state index contributed by atoms with van der Waals surface area (Å²) in [6.45, 7) is 5.64. The molecule has 1 fully saturated rings. The van der Waals surface area contributed by atoms with Crippen molar-refractivity contribution in [1.29, 1.82) is 0 Å². The quantitative estimate of drug-likeness (QED) is 0.371. The van der Waals surface area contributed by atoms with Crippen LogP contribution in [0.3, 0.4) is 0 Å². The van der Waals surface area contributed by atoms with Crippen LogP contribution in [0, 0.1) is 12.7 Å². The molecule has 0 amide bonds. The molecule has 0 bridgehead atoms. The van der Waals surface area contributed by atoms with E-state index in [-0.39, 0.29) is 5.75 Å². The fraction of sp³-hybridized carbons (Fsp3) is 0.360. The monoisotopic (exact) mass is 450 g/mol. The summed E-state index contributed by atoms with van der Waals surface area (Å²) in [7, 11) is 1.57. The van der Waals surface area contributed by atoms with E-state index in [0.717, 1.165) is 31.7 Å². The minimum atomic E-state index is -0.443.